The predicted octanol–water partition coefficient (Wildman–Crippen LogP) is 1.76. The summed E-state index contributed by atoms with van der Waals surface area (Å²) in [6.07, 6.45) is 2.97. The van der Waals surface area contributed by atoms with Crippen LogP contribution < -0.4 is 15.4 Å². The first-order valence-electron chi connectivity index (χ1n) is 5.58. The molecule has 0 spiro atoms. The summed E-state index contributed by atoms with van der Waals surface area (Å²) in [6, 6.07) is 3.78. The number of carbonyl (C=O) groups is 2. The highest BCUT2D eigenvalue weighted by atomic mass is 16.5. The number of methoxy groups -OCH3 is 1. The summed E-state index contributed by atoms with van der Waals surface area (Å²) in [7, 11) is 1.36. The highest BCUT2D eigenvalue weighted by Gasteiger charge is 2.12. The largest absolute Gasteiger partial charge is 0.496 e. The number of aromatic nitrogens is 2. The molecule has 8 heteroatoms. The molecule has 1 aromatic heterocycles. The average Bonchev–Trinajstić information content (AvgIpc) is 2.90. The highest BCUT2D eigenvalue weighted by molar-refractivity contribution is 6.00. The van der Waals surface area contributed by atoms with Crippen LogP contribution in [0.3, 0.4) is 0 Å². The summed E-state index contributed by atoms with van der Waals surface area (Å²) < 4.78 is 4.97. The van der Waals surface area contributed by atoms with Gasteiger partial charge in [-0.2, -0.15) is 5.10 Å². The fourth-order valence-corrected chi connectivity index (χ4v) is 1.56. The maximum atomic E-state index is 11.7. The van der Waals surface area contributed by atoms with Crippen molar-refractivity contribution in [3.8, 4) is 5.75 Å². The minimum atomic E-state index is -1.10. The Morgan fingerprint density at radius 2 is 2.05 bits per heavy atom. The quantitative estimate of drug-likeness (QED) is 0.679. The van der Waals surface area contributed by atoms with E-state index in [1.807, 2.05) is 0 Å². The van der Waals surface area contributed by atoms with Gasteiger partial charge in [-0.1, -0.05) is 0 Å². The summed E-state index contributed by atoms with van der Waals surface area (Å²) in [5.41, 5.74) is 0.942. The zero-order chi connectivity index (χ0) is 14.5. The first-order valence-corrected chi connectivity index (χ1v) is 5.58. The van der Waals surface area contributed by atoms with E-state index in [9.17, 15) is 9.59 Å². The molecule has 4 N–H and O–H groups in total. The van der Waals surface area contributed by atoms with Crippen LogP contribution in [-0.4, -0.2) is 34.4 Å². The lowest BCUT2D eigenvalue weighted by atomic mass is 10.2. The number of ether oxygens (including phenoxy) is 1. The lowest BCUT2D eigenvalue weighted by Crippen LogP contribution is -2.19. The Morgan fingerprint density at radius 3 is 2.65 bits per heavy atom. The molecule has 0 saturated heterocycles. The number of nitrogens with zero attached hydrogens (tertiary/aromatic N) is 1. The van der Waals surface area contributed by atoms with Crippen molar-refractivity contribution in [1.29, 1.82) is 0 Å². The van der Waals surface area contributed by atoms with Gasteiger partial charge < -0.3 is 20.5 Å². The van der Waals surface area contributed by atoms with Gasteiger partial charge in [-0.05, 0) is 12.1 Å². The van der Waals surface area contributed by atoms with Crippen molar-refractivity contribution >= 4 is 23.4 Å². The minimum absolute atomic E-state index is 0.0216. The Balaban J connectivity index is 2.09. The zero-order valence-electron chi connectivity index (χ0n) is 10.5. The van der Waals surface area contributed by atoms with Gasteiger partial charge >= 0.3 is 12.0 Å². The fraction of sp³-hybridized carbons (Fsp3) is 0.0833. The number of rotatable bonds is 4. The third kappa shape index (κ3) is 3.05. The van der Waals surface area contributed by atoms with Crippen molar-refractivity contribution in [2.75, 3.05) is 17.7 Å². The third-order valence-corrected chi connectivity index (χ3v) is 2.45. The van der Waals surface area contributed by atoms with Gasteiger partial charge in [-0.3, -0.25) is 5.10 Å². The van der Waals surface area contributed by atoms with E-state index in [-0.39, 0.29) is 11.3 Å². The minimum Gasteiger partial charge on any atom is -0.496 e. The molecule has 0 atom stereocenters. The molecular weight excluding hydrogens is 264 g/mol. The van der Waals surface area contributed by atoms with Crippen LogP contribution in [0.1, 0.15) is 10.4 Å². The summed E-state index contributed by atoms with van der Waals surface area (Å²) in [6.45, 7) is 0. The predicted molar refractivity (Wildman–Crippen MR) is 71.2 cm³/mol. The van der Waals surface area contributed by atoms with Gasteiger partial charge in [-0.25, -0.2) is 9.59 Å². The number of carboxylic acids is 1. The van der Waals surface area contributed by atoms with Crippen molar-refractivity contribution < 1.29 is 19.4 Å². The molecule has 1 heterocycles. The second-order valence-electron chi connectivity index (χ2n) is 3.79. The van der Waals surface area contributed by atoms with Crippen LogP contribution in [-0.2, 0) is 0 Å². The standard InChI is InChI=1S/C12H12N4O4/c1-20-10-4-7(2-3-9(10)11(17)18)15-12(19)16-8-5-13-14-6-8/h2-6H,1H3,(H,13,14)(H,17,18)(H2,15,16,19). The van der Waals surface area contributed by atoms with Gasteiger partial charge in [0, 0.05) is 18.0 Å². The van der Waals surface area contributed by atoms with E-state index in [2.05, 4.69) is 20.8 Å². The van der Waals surface area contributed by atoms with Crippen LogP contribution in [0.4, 0.5) is 16.2 Å². The molecule has 0 aliphatic carbocycles. The molecule has 1 aromatic carbocycles. The lowest BCUT2D eigenvalue weighted by Gasteiger charge is -2.09. The number of aromatic carboxylic acids is 1. The molecule has 20 heavy (non-hydrogen) atoms. The normalized spacial score (nSPS) is 9.85. The number of anilines is 2. The van der Waals surface area contributed by atoms with Gasteiger partial charge in [0.2, 0.25) is 0 Å². The Kier molecular flexibility index (Phi) is 3.85. The Hall–Kier alpha value is -3.03. The smallest absolute Gasteiger partial charge is 0.339 e. The van der Waals surface area contributed by atoms with Gasteiger partial charge in [-0.15, -0.1) is 0 Å². The summed E-state index contributed by atoms with van der Waals surface area (Å²) in [5, 5.41) is 20.3. The SMILES string of the molecule is COc1cc(NC(=O)Nc2cn[nH]c2)ccc1C(=O)O. The molecule has 0 aliphatic rings. The van der Waals surface area contributed by atoms with Gasteiger partial charge in [0.1, 0.15) is 11.3 Å². The third-order valence-electron chi connectivity index (χ3n) is 2.45. The highest BCUT2D eigenvalue weighted by Crippen LogP contribution is 2.23. The molecule has 2 rings (SSSR count). The maximum absolute atomic E-state index is 11.7. The summed E-state index contributed by atoms with van der Waals surface area (Å²) in [4.78, 5) is 22.6. The Bertz CT molecular complexity index is 624. The second-order valence-corrected chi connectivity index (χ2v) is 3.79. The summed E-state index contributed by atoms with van der Waals surface area (Å²) in [5.74, 6) is -0.935. The second kappa shape index (κ2) is 5.74. The first-order chi connectivity index (χ1) is 9.60. The average molecular weight is 276 g/mol. The van der Waals surface area contributed by atoms with E-state index in [0.29, 0.717) is 11.4 Å². The van der Waals surface area contributed by atoms with Gasteiger partial charge in [0.15, 0.2) is 0 Å². The molecule has 2 amide bonds. The fourth-order valence-electron chi connectivity index (χ4n) is 1.56. The number of aromatic amines is 1. The molecule has 0 bridgehead atoms. The molecule has 8 nitrogen and oxygen atoms in total. The Morgan fingerprint density at radius 1 is 1.30 bits per heavy atom. The lowest BCUT2D eigenvalue weighted by molar-refractivity contribution is 0.0693. The monoisotopic (exact) mass is 276 g/mol. The van der Waals surface area contributed by atoms with Crippen LogP contribution in [0.5, 0.6) is 5.75 Å². The van der Waals surface area contributed by atoms with Crippen molar-refractivity contribution in [2.24, 2.45) is 0 Å². The number of carbonyl (C=O) groups excluding carboxylic acids is 1. The van der Waals surface area contributed by atoms with Crippen molar-refractivity contribution in [3.63, 3.8) is 0 Å². The van der Waals surface area contributed by atoms with Crippen molar-refractivity contribution in [1.82, 2.24) is 10.2 Å². The molecule has 0 saturated carbocycles. The number of nitrogens with one attached hydrogen (secondary N) is 3. The summed E-state index contributed by atoms with van der Waals surface area (Å²) >= 11 is 0. The number of carboxylic acid groups (broad SMARTS) is 1. The number of amides is 2. The Labute approximate surface area is 113 Å². The van der Waals surface area contributed by atoms with E-state index in [1.165, 1.54) is 37.7 Å². The molecule has 0 aliphatic heterocycles. The van der Waals surface area contributed by atoms with Crippen LogP contribution in [0.15, 0.2) is 30.6 Å². The van der Waals surface area contributed by atoms with Crippen LogP contribution in [0.25, 0.3) is 0 Å². The molecule has 0 fully saturated rings. The van der Waals surface area contributed by atoms with E-state index in [1.54, 1.807) is 0 Å². The van der Waals surface area contributed by atoms with E-state index in [4.69, 9.17) is 9.84 Å². The number of hydrogen-bond acceptors (Lipinski definition) is 4. The van der Waals surface area contributed by atoms with Crippen molar-refractivity contribution in [2.45, 2.75) is 0 Å². The van der Waals surface area contributed by atoms with Crippen LogP contribution in [0.2, 0.25) is 0 Å². The maximum Gasteiger partial charge on any atom is 0.339 e. The molecule has 2 aromatic rings. The van der Waals surface area contributed by atoms with Gasteiger partial charge in [0.25, 0.3) is 0 Å². The zero-order valence-corrected chi connectivity index (χ0v) is 10.5. The van der Waals surface area contributed by atoms with E-state index < -0.39 is 12.0 Å². The van der Waals surface area contributed by atoms with E-state index >= 15 is 0 Å². The topological polar surface area (TPSA) is 116 Å². The first kappa shape index (κ1) is 13.4. The number of H-pyrrole nitrogens is 1. The number of hydrogen-bond donors (Lipinski definition) is 4. The number of urea groups is 1. The van der Waals surface area contributed by atoms with Gasteiger partial charge in [0.05, 0.1) is 19.0 Å². The molecular formula is C12H12N4O4. The molecule has 0 unspecified atom stereocenters. The molecule has 104 valence electrons. The van der Waals surface area contributed by atoms with Crippen LogP contribution >= 0.6 is 0 Å². The van der Waals surface area contributed by atoms with E-state index in [0.717, 1.165) is 0 Å². The van der Waals surface area contributed by atoms with Crippen LogP contribution in [0, 0.1) is 0 Å². The number of benzene rings is 1. The van der Waals surface area contributed by atoms with Crippen molar-refractivity contribution in [3.05, 3.63) is 36.2 Å². The molecule has 0 radical (unpaired) electrons.